The number of likely N-dealkylation sites (tertiary alicyclic amines) is 1. The molecule has 2 unspecified atom stereocenters. The van der Waals surface area contributed by atoms with Crippen molar-refractivity contribution in [2.24, 2.45) is 5.73 Å². The van der Waals surface area contributed by atoms with Gasteiger partial charge in [0, 0.05) is 6.04 Å². The fraction of sp³-hybridized carbons (Fsp3) is 0.533. The van der Waals surface area contributed by atoms with E-state index in [1.165, 1.54) is 19.3 Å². The molecule has 0 saturated carbocycles. The lowest BCUT2D eigenvalue weighted by atomic mass is 9.95. The fourth-order valence-corrected chi connectivity index (χ4v) is 3.25. The summed E-state index contributed by atoms with van der Waals surface area (Å²) >= 11 is 5.29. The summed E-state index contributed by atoms with van der Waals surface area (Å²) in [6.45, 7) is 3.26. The molecular formula is C15H22N2OS. The Morgan fingerprint density at radius 3 is 2.68 bits per heavy atom. The number of thiocarbonyl (C=S) groups is 1. The van der Waals surface area contributed by atoms with E-state index in [1.54, 1.807) is 12.1 Å². The van der Waals surface area contributed by atoms with Gasteiger partial charge in [-0.25, -0.2) is 0 Å². The van der Waals surface area contributed by atoms with Gasteiger partial charge in [0.05, 0.1) is 11.0 Å². The molecule has 19 heavy (non-hydrogen) atoms. The van der Waals surface area contributed by atoms with E-state index in [4.69, 9.17) is 18.0 Å². The van der Waals surface area contributed by atoms with Crippen LogP contribution in [0.1, 0.15) is 44.2 Å². The highest BCUT2D eigenvalue weighted by atomic mass is 32.1. The summed E-state index contributed by atoms with van der Waals surface area (Å²) in [6, 6.07) is 7.77. The maximum Gasteiger partial charge on any atom is 0.115 e. The van der Waals surface area contributed by atoms with Gasteiger partial charge >= 0.3 is 0 Å². The molecule has 0 aliphatic carbocycles. The number of rotatable bonds is 4. The lowest BCUT2D eigenvalue weighted by Gasteiger charge is -2.40. The summed E-state index contributed by atoms with van der Waals surface area (Å²) < 4.78 is 0. The highest BCUT2D eigenvalue weighted by Gasteiger charge is 2.30. The molecule has 0 aromatic heterocycles. The second-order valence-electron chi connectivity index (χ2n) is 5.19. The first-order chi connectivity index (χ1) is 9.13. The third-order valence-corrected chi connectivity index (χ3v) is 4.18. The van der Waals surface area contributed by atoms with Gasteiger partial charge in [-0.1, -0.05) is 37.7 Å². The van der Waals surface area contributed by atoms with Crippen LogP contribution >= 0.6 is 12.2 Å². The smallest absolute Gasteiger partial charge is 0.115 e. The Balaban J connectivity index is 2.28. The summed E-state index contributed by atoms with van der Waals surface area (Å²) in [4.78, 5) is 2.95. The van der Waals surface area contributed by atoms with Gasteiger partial charge in [0.25, 0.3) is 0 Å². The van der Waals surface area contributed by atoms with Crippen molar-refractivity contribution in [1.82, 2.24) is 4.90 Å². The van der Waals surface area contributed by atoms with Gasteiger partial charge in [-0.3, -0.25) is 4.90 Å². The van der Waals surface area contributed by atoms with Crippen LogP contribution in [-0.2, 0) is 0 Å². The number of nitrogens with zero attached hydrogens (tertiary/aromatic N) is 1. The predicted molar refractivity (Wildman–Crippen MR) is 82.3 cm³/mol. The molecule has 1 aromatic rings. The van der Waals surface area contributed by atoms with Crippen LogP contribution in [0.15, 0.2) is 24.3 Å². The molecule has 0 amide bonds. The third-order valence-electron chi connectivity index (χ3n) is 3.95. The zero-order chi connectivity index (χ0) is 13.8. The first-order valence-corrected chi connectivity index (χ1v) is 7.38. The first-order valence-electron chi connectivity index (χ1n) is 6.97. The second-order valence-corrected chi connectivity index (χ2v) is 5.66. The van der Waals surface area contributed by atoms with E-state index in [9.17, 15) is 5.11 Å². The minimum atomic E-state index is -0.0131. The molecule has 1 fully saturated rings. The highest BCUT2D eigenvalue weighted by Crippen LogP contribution is 2.31. The predicted octanol–water partition coefficient (Wildman–Crippen LogP) is 2.98. The van der Waals surface area contributed by atoms with Gasteiger partial charge in [-0.15, -0.1) is 0 Å². The summed E-state index contributed by atoms with van der Waals surface area (Å²) in [5.41, 5.74) is 7.06. The Kier molecular flexibility index (Phi) is 4.77. The Morgan fingerprint density at radius 2 is 2.11 bits per heavy atom. The van der Waals surface area contributed by atoms with E-state index in [1.807, 2.05) is 12.1 Å². The van der Waals surface area contributed by atoms with Crippen LogP contribution in [0.2, 0.25) is 0 Å². The topological polar surface area (TPSA) is 49.5 Å². The van der Waals surface area contributed by atoms with Crippen LogP contribution < -0.4 is 5.73 Å². The number of nitrogens with two attached hydrogens (primary N) is 1. The first kappa shape index (κ1) is 14.3. The van der Waals surface area contributed by atoms with Crippen molar-refractivity contribution in [3.8, 4) is 5.75 Å². The van der Waals surface area contributed by atoms with Crippen molar-refractivity contribution < 1.29 is 5.11 Å². The monoisotopic (exact) mass is 278 g/mol. The van der Waals surface area contributed by atoms with E-state index < -0.39 is 0 Å². The van der Waals surface area contributed by atoms with Crippen molar-refractivity contribution >= 4 is 17.2 Å². The van der Waals surface area contributed by atoms with Crippen molar-refractivity contribution in [1.29, 1.82) is 0 Å². The van der Waals surface area contributed by atoms with E-state index in [0.717, 1.165) is 18.5 Å². The van der Waals surface area contributed by atoms with Crippen LogP contribution in [0.3, 0.4) is 0 Å². The highest BCUT2D eigenvalue weighted by molar-refractivity contribution is 7.80. The minimum Gasteiger partial charge on any atom is -0.508 e. The molecule has 1 aliphatic heterocycles. The van der Waals surface area contributed by atoms with Crippen LogP contribution in [-0.4, -0.2) is 27.6 Å². The quantitative estimate of drug-likeness (QED) is 0.831. The van der Waals surface area contributed by atoms with Gasteiger partial charge in [0.2, 0.25) is 0 Å². The van der Waals surface area contributed by atoms with Crippen LogP contribution in [0.25, 0.3) is 0 Å². The van der Waals surface area contributed by atoms with E-state index in [0.29, 0.717) is 11.0 Å². The van der Waals surface area contributed by atoms with E-state index in [-0.39, 0.29) is 11.8 Å². The summed E-state index contributed by atoms with van der Waals surface area (Å²) in [5.74, 6) is 0.274. The molecular weight excluding hydrogens is 256 g/mol. The molecule has 1 heterocycles. The zero-order valence-electron chi connectivity index (χ0n) is 11.4. The molecule has 3 nitrogen and oxygen atoms in total. The van der Waals surface area contributed by atoms with Crippen LogP contribution in [0.5, 0.6) is 5.75 Å². The Bertz CT molecular complexity index is 432. The molecule has 3 N–H and O–H groups in total. The molecule has 2 atom stereocenters. The maximum absolute atomic E-state index is 9.41. The normalized spacial score (nSPS) is 22.1. The van der Waals surface area contributed by atoms with Gasteiger partial charge in [0.15, 0.2) is 0 Å². The zero-order valence-corrected chi connectivity index (χ0v) is 12.2. The number of hydrogen-bond donors (Lipinski definition) is 2. The van der Waals surface area contributed by atoms with Gasteiger partial charge in [0.1, 0.15) is 5.75 Å². The minimum absolute atomic E-state index is 0.0131. The number of aromatic hydroxyl groups is 1. The fourth-order valence-electron chi connectivity index (χ4n) is 2.98. The molecule has 104 valence electrons. The van der Waals surface area contributed by atoms with Crippen molar-refractivity contribution in [3.05, 3.63) is 29.8 Å². The average Bonchev–Trinajstić information content (AvgIpc) is 2.41. The summed E-state index contributed by atoms with van der Waals surface area (Å²) in [5, 5.41) is 9.41. The van der Waals surface area contributed by atoms with Crippen molar-refractivity contribution in [3.63, 3.8) is 0 Å². The van der Waals surface area contributed by atoms with Crippen molar-refractivity contribution in [2.45, 2.75) is 44.7 Å². The summed E-state index contributed by atoms with van der Waals surface area (Å²) in [7, 11) is 0. The molecule has 2 rings (SSSR count). The Hall–Kier alpha value is -1.13. The number of phenolic OH excluding ortho intramolecular Hbond substituents is 1. The number of hydrogen-bond acceptors (Lipinski definition) is 3. The molecule has 0 bridgehead atoms. The van der Waals surface area contributed by atoms with Gasteiger partial charge < -0.3 is 10.8 Å². The summed E-state index contributed by atoms with van der Waals surface area (Å²) in [6.07, 6.45) is 4.83. The van der Waals surface area contributed by atoms with E-state index >= 15 is 0 Å². The second kappa shape index (κ2) is 6.35. The molecule has 1 saturated heterocycles. The molecule has 0 spiro atoms. The molecule has 0 radical (unpaired) electrons. The maximum atomic E-state index is 9.41. The standard InChI is InChI=1S/C15H22N2OS/c1-2-12-5-3-4-10-17(12)14(15(16)19)11-6-8-13(18)9-7-11/h6-9,12,14,18H,2-5,10H2,1H3,(H2,16,19). The van der Waals surface area contributed by atoms with Crippen molar-refractivity contribution in [2.75, 3.05) is 6.54 Å². The Labute approximate surface area is 120 Å². The lowest BCUT2D eigenvalue weighted by Crippen LogP contribution is -2.45. The van der Waals surface area contributed by atoms with E-state index in [2.05, 4.69) is 11.8 Å². The molecule has 1 aliphatic rings. The van der Waals surface area contributed by atoms with Crippen LogP contribution in [0, 0.1) is 0 Å². The third kappa shape index (κ3) is 3.25. The molecule has 4 heteroatoms. The average molecular weight is 278 g/mol. The number of benzene rings is 1. The SMILES string of the molecule is CCC1CCCCN1C(C(N)=S)c1ccc(O)cc1. The lowest BCUT2D eigenvalue weighted by molar-refractivity contribution is 0.122. The number of piperidine rings is 1. The molecule has 1 aromatic carbocycles. The van der Waals surface area contributed by atoms with Gasteiger partial charge in [-0.2, -0.15) is 0 Å². The van der Waals surface area contributed by atoms with Gasteiger partial charge in [-0.05, 0) is 43.5 Å². The Morgan fingerprint density at radius 1 is 1.42 bits per heavy atom. The largest absolute Gasteiger partial charge is 0.508 e. The number of phenols is 1. The van der Waals surface area contributed by atoms with Crippen LogP contribution in [0.4, 0.5) is 0 Å².